The highest BCUT2D eigenvalue weighted by Crippen LogP contribution is 2.29. The number of anilines is 1. The van der Waals surface area contributed by atoms with Crippen molar-refractivity contribution in [1.29, 1.82) is 0 Å². The van der Waals surface area contributed by atoms with Crippen molar-refractivity contribution in [3.8, 4) is 0 Å². The van der Waals surface area contributed by atoms with Crippen LogP contribution in [0.25, 0.3) is 0 Å². The van der Waals surface area contributed by atoms with Crippen LogP contribution in [-0.4, -0.2) is 41.1 Å². The summed E-state index contributed by atoms with van der Waals surface area (Å²) in [5.41, 5.74) is 1.66. The number of rotatable bonds is 6. The number of urea groups is 1. The van der Waals surface area contributed by atoms with Crippen LogP contribution in [0, 0.1) is 6.92 Å². The maximum absolute atomic E-state index is 12.7. The van der Waals surface area contributed by atoms with E-state index in [1.807, 2.05) is 19.1 Å². The van der Waals surface area contributed by atoms with E-state index in [-0.39, 0.29) is 18.6 Å². The van der Waals surface area contributed by atoms with E-state index >= 15 is 0 Å². The molecule has 21 heavy (non-hydrogen) atoms. The summed E-state index contributed by atoms with van der Waals surface area (Å²) in [5, 5.41) is 9.08. The van der Waals surface area contributed by atoms with Gasteiger partial charge in [0, 0.05) is 18.3 Å². The minimum Gasteiger partial charge on any atom is -0.480 e. The number of benzene rings is 1. The highest BCUT2D eigenvalue weighted by atomic mass is 16.4. The zero-order valence-electron chi connectivity index (χ0n) is 12.2. The molecule has 0 radical (unpaired) electrons. The predicted molar refractivity (Wildman–Crippen MR) is 81.5 cm³/mol. The third-order valence-corrected chi connectivity index (χ3v) is 3.43. The Morgan fingerprint density at radius 1 is 1.33 bits per heavy atom. The minimum absolute atomic E-state index is 0.206. The normalized spacial score (nSPS) is 13.6. The van der Waals surface area contributed by atoms with Crippen LogP contribution in [0.3, 0.4) is 0 Å². The number of aliphatic carboxylic acids is 1. The molecular weight excluding hydrogens is 268 g/mol. The van der Waals surface area contributed by atoms with Crippen molar-refractivity contribution in [2.75, 3.05) is 18.0 Å². The molecule has 1 saturated carbocycles. The Morgan fingerprint density at radius 2 is 1.95 bits per heavy atom. The summed E-state index contributed by atoms with van der Waals surface area (Å²) in [5.74, 6) is -1.03. The lowest BCUT2D eigenvalue weighted by Gasteiger charge is -2.29. The van der Waals surface area contributed by atoms with Gasteiger partial charge < -0.3 is 10.0 Å². The standard InChI is InChI=1S/C16H20N2O3/c1-3-10-17(13-8-9-13)16(21)18(11-15(19)20)14-6-4-12(2)5-7-14/h3-7,13H,1,8-11H2,2H3,(H,19,20). The first-order valence-electron chi connectivity index (χ1n) is 7.00. The molecular formula is C16H20N2O3. The Kier molecular flexibility index (Phi) is 4.62. The molecule has 0 aromatic heterocycles. The molecule has 0 aliphatic heterocycles. The Morgan fingerprint density at radius 3 is 2.43 bits per heavy atom. The Hall–Kier alpha value is -2.30. The fourth-order valence-electron chi connectivity index (χ4n) is 2.19. The molecule has 1 aromatic rings. The molecule has 5 heteroatoms. The summed E-state index contributed by atoms with van der Waals surface area (Å²) >= 11 is 0. The maximum atomic E-state index is 12.7. The van der Waals surface area contributed by atoms with Crippen molar-refractivity contribution in [3.63, 3.8) is 0 Å². The van der Waals surface area contributed by atoms with Gasteiger partial charge in [-0.15, -0.1) is 6.58 Å². The lowest BCUT2D eigenvalue weighted by atomic mass is 10.2. The highest BCUT2D eigenvalue weighted by molar-refractivity contribution is 5.96. The summed E-state index contributed by atoms with van der Waals surface area (Å²) in [6, 6.07) is 7.21. The second-order valence-electron chi connectivity index (χ2n) is 5.27. The molecule has 112 valence electrons. The molecule has 1 N–H and O–H groups in total. The molecule has 1 aromatic carbocycles. The van der Waals surface area contributed by atoms with Gasteiger partial charge in [0.1, 0.15) is 6.54 Å². The van der Waals surface area contributed by atoms with E-state index in [0.29, 0.717) is 12.2 Å². The molecule has 2 amide bonds. The van der Waals surface area contributed by atoms with Crippen LogP contribution in [0.4, 0.5) is 10.5 Å². The molecule has 2 rings (SSSR count). The van der Waals surface area contributed by atoms with E-state index in [0.717, 1.165) is 18.4 Å². The number of hydrogen-bond donors (Lipinski definition) is 1. The highest BCUT2D eigenvalue weighted by Gasteiger charge is 2.35. The van der Waals surface area contributed by atoms with Gasteiger partial charge >= 0.3 is 12.0 Å². The summed E-state index contributed by atoms with van der Waals surface area (Å²) < 4.78 is 0. The summed E-state index contributed by atoms with van der Waals surface area (Å²) in [7, 11) is 0. The zero-order valence-corrected chi connectivity index (χ0v) is 12.2. The fourth-order valence-corrected chi connectivity index (χ4v) is 2.19. The van der Waals surface area contributed by atoms with Gasteiger partial charge in [0.15, 0.2) is 0 Å². The first-order valence-corrected chi connectivity index (χ1v) is 7.00. The number of carbonyl (C=O) groups excluding carboxylic acids is 1. The fraction of sp³-hybridized carbons (Fsp3) is 0.375. The van der Waals surface area contributed by atoms with Crippen molar-refractivity contribution in [3.05, 3.63) is 42.5 Å². The molecule has 1 aliphatic carbocycles. The number of nitrogens with zero attached hydrogens (tertiary/aromatic N) is 2. The average molecular weight is 288 g/mol. The third kappa shape index (κ3) is 3.84. The molecule has 5 nitrogen and oxygen atoms in total. The number of aryl methyl sites for hydroxylation is 1. The Labute approximate surface area is 124 Å². The summed E-state index contributed by atoms with van der Waals surface area (Å²) in [6.45, 7) is 5.71. The minimum atomic E-state index is -1.03. The number of carboxylic acids is 1. The molecule has 0 unspecified atom stereocenters. The van der Waals surface area contributed by atoms with E-state index in [9.17, 15) is 9.59 Å². The van der Waals surface area contributed by atoms with Gasteiger partial charge in [-0.05, 0) is 31.9 Å². The molecule has 0 spiro atoms. The van der Waals surface area contributed by atoms with E-state index in [1.54, 1.807) is 23.1 Å². The second kappa shape index (κ2) is 6.43. The van der Waals surface area contributed by atoms with Gasteiger partial charge in [0.05, 0.1) is 0 Å². The SMILES string of the molecule is C=CCN(C(=O)N(CC(=O)O)c1ccc(C)cc1)C1CC1. The molecule has 1 fully saturated rings. The van der Waals surface area contributed by atoms with Crippen LogP contribution >= 0.6 is 0 Å². The van der Waals surface area contributed by atoms with Crippen molar-refractivity contribution in [2.24, 2.45) is 0 Å². The summed E-state index contributed by atoms with van der Waals surface area (Å²) in [4.78, 5) is 26.8. The number of amides is 2. The quantitative estimate of drug-likeness (QED) is 0.819. The van der Waals surface area contributed by atoms with Crippen molar-refractivity contribution < 1.29 is 14.7 Å². The third-order valence-electron chi connectivity index (χ3n) is 3.43. The Bertz CT molecular complexity index is 535. The maximum Gasteiger partial charge on any atom is 0.325 e. The monoisotopic (exact) mass is 288 g/mol. The van der Waals surface area contributed by atoms with Gasteiger partial charge in [-0.1, -0.05) is 23.8 Å². The largest absolute Gasteiger partial charge is 0.480 e. The first kappa shape index (κ1) is 15.1. The van der Waals surface area contributed by atoms with E-state index in [1.165, 1.54) is 4.90 Å². The lowest BCUT2D eigenvalue weighted by Crippen LogP contribution is -2.46. The molecule has 0 heterocycles. The predicted octanol–water partition coefficient (Wildman–Crippen LogP) is 2.66. The first-order chi connectivity index (χ1) is 10.0. The van der Waals surface area contributed by atoms with Crippen LogP contribution in [-0.2, 0) is 4.79 Å². The van der Waals surface area contributed by atoms with Gasteiger partial charge in [-0.3, -0.25) is 9.69 Å². The molecule has 0 saturated heterocycles. The number of hydrogen-bond acceptors (Lipinski definition) is 2. The van der Waals surface area contributed by atoms with Crippen molar-refractivity contribution in [1.82, 2.24) is 4.90 Å². The average Bonchev–Trinajstić information content (AvgIpc) is 3.27. The Balaban J connectivity index is 2.25. The van der Waals surface area contributed by atoms with E-state index in [2.05, 4.69) is 6.58 Å². The van der Waals surface area contributed by atoms with Crippen LogP contribution in [0.2, 0.25) is 0 Å². The lowest BCUT2D eigenvalue weighted by molar-refractivity contribution is -0.135. The second-order valence-corrected chi connectivity index (χ2v) is 5.27. The van der Waals surface area contributed by atoms with Gasteiger partial charge in [0.25, 0.3) is 0 Å². The summed E-state index contributed by atoms with van der Waals surface area (Å²) in [6.07, 6.45) is 3.60. The number of carboxylic acid groups (broad SMARTS) is 1. The molecule has 0 atom stereocenters. The van der Waals surface area contributed by atoms with Crippen LogP contribution < -0.4 is 4.90 Å². The topological polar surface area (TPSA) is 60.9 Å². The smallest absolute Gasteiger partial charge is 0.325 e. The van der Waals surface area contributed by atoms with Crippen LogP contribution in [0.15, 0.2) is 36.9 Å². The van der Waals surface area contributed by atoms with Crippen LogP contribution in [0.5, 0.6) is 0 Å². The van der Waals surface area contributed by atoms with E-state index < -0.39 is 5.97 Å². The molecule has 0 bridgehead atoms. The van der Waals surface area contributed by atoms with Gasteiger partial charge in [0.2, 0.25) is 0 Å². The van der Waals surface area contributed by atoms with Crippen molar-refractivity contribution in [2.45, 2.75) is 25.8 Å². The van der Waals surface area contributed by atoms with Crippen LogP contribution in [0.1, 0.15) is 18.4 Å². The van der Waals surface area contributed by atoms with Gasteiger partial charge in [-0.2, -0.15) is 0 Å². The molecule has 1 aliphatic rings. The van der Waals surface area contributed by atoms with Gasteiger partial charge in [-0.25, -0.2) is 4.79 Å². The van der Waals surface area contributed by atoms with Crippen molar-refractivity contribution >= 4 is 17.7 Å². The zero-order chi connectivity index (χ0) is 15.4. The number of carbonyl (C=O) groups is 2. The van der Waals surface area contributed by atoms with E-state index in [4.69, 9.17) is 5.11 Å².